The third-order valence-electron chi connectivity index (χ3n) is 5.06. The number of nitrogens with two attached hydrogens (primary N) is 1. The molecule has 14 heteroatoms. The number of benzene rings is 1. The summed E-state index contributed by atoms with van der Waals surface area (Å²) < 4.78 is 60.1. The lowest BCUT2D eigenvalue weighted by atomic mass is 9.95. The van der Waals surface area contributed by atoms with Crippen LogP contribution < -0.4 is 15.8 Å². The van der Waals surface area contributed by atoms with E-state index in [-0.39, 0.29) is 44.4 Å². The van der Waals surface area contributed by atoms with Gasteiger partial charge >= 0.3 is 6.03 Å². The van der Waals surface area contributed by atoms with Gasteiger partial charge < -0.3 is 5.32 Å². The third kappa shape index (κ3) is 6.79. The Balaban J connectivity index is 1.80. The number of urea groups is 1. The zero-order chi connectivity index (χ0) is 24.4. The molecule has 2 aromatic rings. The topological polar surface area (TPSA) is 165 Å². The van der Waals surface area contributed by atoms with Crippen molar-refractivity contribution in [3.8, 4) is 0 Å². The Bertz CT molecular complexity index is 1280. The highest BCUT2D eigenvalue weighted by Gasteiger charge is 2.27. The van der Waals surface area contributed by atoms with E-state index < -0.39 is 37.5 Å². The largest absolute Gasteiger partial charge is 0.325 e. The molecule has 0 aliphatic heterocycles. The molecule has 1 heterocycles. The number of halogens is 1. The van der Waals surface area contributed by atoms with E-state index >= 15 is 0 Å². The van der Waals surface area contributed by atoms with Crippen LogP contribution in [-0.4, -0.2) is 45.6 Å². The molecule has 10 nitrogen and oxygen atoms in total. The van der Waals surface area contributed by atoms with Gasteiger partial charge in [-0.15, -0.1) is 0 Å². The molecule has 2 amide bonds. The van der Waals surface area contributed by atoms with Crippen LogP contribution in [0.1, 0.15) is 41.7 Å². The number of aryl methyl sites for hydroxylation is 1. The SMILES string of the molecule is CS(=O)(=O)c1sc(NC(=O)Nc2ccc(F)cc2C(=O)C2CCCC2)nc1CCS(N)(=O)=O. The monoisotopic (exact) mass is 518 g/mol. The maximum absolute atomic E-state index is 13.8. The number of thiazole rings is 1. The Labute approximate surface area is 194 Å². The van der Waals surface area contributed by atoms with Crippen molar-refractivity contribution < 1.29 is 30.8 Å². The van der Waals surface area contributed by atoms with E-state index in [4.69, 9.17) is 5.14 Å². The average Bonchev–Trinajstić information content (AvgIpc) is 3.36. The van der Waals surface area contributed by atoms with Crippen molar-refractivity contribution in [1.82, 2.24) is 4.98 Å². The fraction of sp³-hybridized carbons (Fsp3) is 0.421. The predicted molar refractivity (Wildman–Crippen MR) is 122 cm³/mol. The minimum atomic E-state index is -3.86. The molecule has 0 spiro atoms. The fourth-order valence-corrected chi connectivity index (χ4v) is 6.20. The summed E-state index contributed by atoms with van der Waals surface area (Å²) in [6, 6.07) is 2.64. The first-order valence-electron chi connectivity index (χ1n) is 9.95. The molecular weight excluding hydrogens is 495 g/mol. The van der Waals surface area contributed by atoms with Crippen LogP contribution in [-0.2, 0) is 26.3 Å². The zero-order valence-corrected chi connectivity index (χ0v) is 20.1. The Kier molecular flexibility index (Phi) is 7.51. The molecule has 0 saturated heterocycles. The van der Waals surface area contributed by atoms with E-state index in [0.29, 0.717) is 24.2 Å². The number of sulfonamides is 1. The number of anilines is 2. The van der Waals surface area contributed by atoms with E-state index in [1.54, 1.807) is 0 Å². The summed E-state index contributed by atoms with van der Waals surface area (Å²) in [5, 5.41) is 9.74. The van der Waals surface area contributed by atoms with Gasteiger partial charge in [-0.2, -0.15) is 0 Å². The molecule has 4 N–H and O–H groups in total. The van der Waals surface area contributed by atoms with Crippen LogP contribution in [0, 0.1) is 11.7 Å². The van der Waals surface area contributed by atoms with E-state index in [9.17, 15) is 30.8 Å². The van der Waals surface area contributed by atoms with E-state index in [1.165, 1.54) is 6.07 Å². The summed E-state index contributed by atoms with van der Waals surface area (Å²) in [5.41, 5.74) is 0.132. The maximum Gasteiger partial charge on any atom is 0.325 e. The van der Waals surface area contributed by atoms with Gasteiger partial charge in [-0.1, -0.05) is 24.2 Å². The normalized spacial score (nSPS) is 14.9. The third-order valence-corrected chi connectivity index (χ3v) is 8.71. The van der Waals surface area contributed by atoms with Crippen LogP contribution >= 0.6 is 11.3 Å². The smallest absolute Gasteiger partial charge is 0.307 e. The summed E-state index contributed by atoms with van der Waals surface area (Å²) in [6.07, 6.45) is 3.92. The van der Waals surface area contributed by atoms with Gasteiger partial charge in [-0.3, -0.25) is 10.1 Å². The zero-order valence-electron chi connectivity index (χ0n) is 17.6. The number of amides is 2. The second-order valence-electron chi connectivity index (χ2n) is 7.76. The number of rotatable bonds is 8. The highest BCUT2D eigenvalue weighted by molar-refractivity contribution is 7.93. The molecule has 0 atom stereocenters. The van der Waals surface area contributed by atoms with Gasteiger partial charge in [-0.05, 0) is 31.0 Å². The first kappa shape index (κ1) is 25.2. The van der Waals surface area contributed by atoms with Gasteiger partial charge in [0.05, 0.1) is 17.1 Å². The van der Waals surface area contributed by atoms with E-state index in [0.717, 1.165) is 31.2 Å². The minimum Gasteiger partial charge on any atom is -0.307 e. The summed E-state index contributed by atoms with van der Waals surface area (Å²) in [7, 11) is -7.60. The molecule has 1 aliphatic rings. The Morgan fingerprint density at radius 1 is 1.18 bits per heavy atom. The lowest BCUT2D eigenvalue weighted by Crippen LogP contribution is -2.22. The van der Waals surface area contributed by atoms with Crippen molar-refractivity contribution in [3.63, 3.8) is 0 Å². The molecule has 1 fully saturated rings. The van der Waals surface area contributed by atoms with Crippen molar-refractivity contribution in [1.29, 1.82) is 0 Å². The lowest BCUT2D eigenvalue weighted by Gasteiger charge is -2.14. The van der Waals surface area contributed by atoms with Crippen molar-refractivity contribution in [3.05, 3.63) is 35.3 Å². The number of carbonyl (C=O) groups is 2. The number of ketones is 1. The number of hydrogen-bond donors (Lipinski definition) is 3. The number of primary sulfonamides is 1. The Hall–Kier alpha value is -2.42. The lowest BCUT2D eigenvalue weighted by molar-refractivity contribution is 0.0923. The Morgan fingerprint density at radius 3 is 2.45 bits per heavy atom. The molecule has 0 bridgehead atoms. The van der Waals surface area contributed by atoms with Crippen LogP contribution in [0.25, 0.3) is 0 Å². The highest BCUT2D eigenvalue weighted by Crippen LogP contribution is 2.31. The fourth-order valence-electron chi connectivity index (χ4n) is 3.57. The maximum atomic E-state index is 13.8. The number of Topliss-reactive ketones (excluding diaryl/α,β-unsaturated/α-hetero) is 1. The van der Waals surface area contributed by atoms with Crippen LogP contribution in [0.3, 0.4) is 0 Å². The van der Waals surface area contributed by atoms with Gasteiger partial charge in [0.15, 0.2) is 20.8 Å². The van der Waals surface area contributed by atoms with Gasteiger partial charge in [-0.25, -0.2) is 36.1 Å². The summed E-state index contributed by atoms with van der Waals surface area (Å²) >= 11 is 0.656. The number of aromatic nitrogens is 1. The molecule has 0 unspecified atom stereocenters. The molecule has 0 radical (unpaired) electrons. The summed E-state index contributed by atoms with van der Waals surface area (Å²) in [6.45, 7) is 0. The van der Waals surface area contributed by atoms with Gasteiger partial charge in [0, 0.05) is 24.2 Å². The summed E-state index contributed by atoms with van der Waals surface area (Å²) in [4.78, 5) is 29.3. The van der Waals surface area contributed by atoms with Crippen LogP contribution in [0.15, 0.2) is 22.4 Å². The predicted octanol–water partition coefficient (Wildman–Crippen LogP) is 2.53. The molecule has 33 heavy (non-hydrogen) atoms. The number of hydrogen-bond acceptors (Lipinski definition) is 8. The molecule has 1 aromatic heterocycles. The molecule has 1 saturated carbocycles. The van der Waals surface area contributed by atoms with E-state index in [1.807, 2.05) is 0 Å². The molecule has 1 aliphatic carbocycles. The quantitative estimate of drug-likeness (QED) is 0.452. The standard InChI is InChI=1S/C19H23FN4O6S3/c1-32(27,28)17-15(8-9-33(21,29)30)23-19(31-17)24-18(26)22-14-7-6-12(20)10-13(14)16(25)11-4-2-3-5-11/h6-7,10-11H,2-5,8-9H2,1H3,(H2,21,29,30)(H2,22,23,24,26). The second-order valence-corrected chi connectivity index (χ2v) is 12.7. The number of carbonyl (C=O) groups excluding carboxylic acids is 2. The molecule has 180 valence electrons. The highest BCUT2D eigenvalue weighted by atomic mass is 32.2. The van der Waals surface area contributed by atoms with E-state index in [2.05, 4.69) is 15.6 Å². The first-order chi connectivity index (χ1) is 15.3. The first-order valence-corrected chi connectivity index (χ1v) is 14.4. The van der Waals surface area contributed by atoms with Gasteiger partial charge in [0.25, 0.3) is 0 Å². The van der Waals surface area contributed by atoms with Crippen molar-refractivity contribution in [2.45, 2.75) is 36.3 Å². The van der Waals surface area contributed by atoms with Crippen molar-refractivity contribution in [2.75, 3.05) is 22.6 Å². The number of nitrogens with zero attached hydrogens (tertiary/aromatic N) is 1. The minimum absolute atomic E-state index is 0.0364. The van der Waals surface area contributed by atoms with Crippen LogP contribution in [0.2, 0.25) is 0 Å². The van der Waals surface area contributed by atoms with Crippen molar-refractivity contribution >= 4 is 53.8 Å². The Morgan fingerprint density at radius 2 is 1.85 bits per heavy atom. The summed E-state index contributed by atoms with van der Waals surface area (Å²) in [5.74, 6) is -1.61. The number of sulfone groups is 1. The van der Waals surface area contributed by atoms with Crippen LogP contribution in [0.5, 0.6) is 0 Å². The van der Waals surface area contributed by atoms with Gasteiger partial charge in [0.1, 0.15) is 10.0 Å². The van der Waals surface area contributed by atoms with Crippen molar-refractivity contribution in [2.24, 2.45) is 11.1 Å². The molecular formula is C19H23FN4O6S3. The second kappa shape index (κ2) is 9.83. The van der Waals surface area contributed by atoms with Gasteiger partial charge in [0.2, 0.25) is 10.0 Å². The van der Waals surface area contributed by atoms with Crippen LogP contribution in [0.4, 0.5) is 20.0 Å². The molecule has 3 rings (SSSR count). The number of nitrogens with one attached hydrogen (secondary N) is 2. The molecule has 1 aromatic carbocycles. The average molecular weight is 519 g/mol.